The summed E-state index contributed by atoms with van der Waals surface area (Å²) in [5, 5.41) is 0. The first-order chi connectivity index (χ1) is 8.08. The molecule has 17 heavy (non-hydrogen) atoms. The summed E-state index contributed by atoms with van der Waals surface area (Å²) < 4.78 is 0. The third-order valence-electron chi connectivity index (χ3n) is 3.39. The first-order valence-corrected chi connectivity index (χ1v) is 6.41. The van der Waals surface area contributed by atoms with E-state index < -0.39 is 0 Å². The van der Waals surface area contributed by atoms with Crippen molar-refractivity contribution in [3.63, 3.8) is 0 Å². The van der Waals surface area contributed by atoms with Crippen molar-refractivity contribution in [1.82, 2.24) is 9.88 Å². The van der Waals surface area contributed by atoms with E-state index in [-0.39, 0.29) is 0 Å². The van der Waals surface area contributed by atoms with E-state index in [0.717, 1.165) is 36.2 Å². The fourth-order valence-electron chi connectivity index (χ4n) is 2.20. The Bertz CT molecular complexity index is 419. The van der Waals surface area contributed by atoms with E-state index in [1.807, 2.05) is 12.1 Å². The summed E-state index contributed by atoms with van der Waals surface area (Å²) >= 11 is 5.02. The number of aromatic nitrogens is 1. The molecule has 1 aromatic rings. The standard InChI is InChI=1S/C13H19N3S/c1-9-6-11(9)8-16(2)7-10-4-3-5-15-12(10)13(14)17/h3-5,9,11H,6-8H2,1-2H3,(H2,14,17). The molecular weight excluding hydrogens is 230 g/mol. The predicted molar refractivity (Wildman–Crippen MR) is 73.7 cm³/mol. The van der Waals surface area contributed by atoms with Gasteiger partial charge in [0.15, 0.2) is 0 Å². The molecule has 3 nitrogen and oxygen atoms in total. The van der Waals surface area contributed by atoms with Gasteiger partial charge in [-0.05, 0) is 36.9 Å². The number of nitrogens with zero attached hydrogens (tertiary/aromatic N) is 2. The van der Waals surface area contributed by atoms with E-state index in [2.05, 4.69) is 23.9 Å². The molecule has 0 aromatic carbocycles. The number of pyridine rings is 1. The second kappa shape index (κ2) is 5.10. The van der Waals surface area contributed by atoms with E-state index in [1.165, 1.54) is 6.42 Å². The van der Waals surface area contributed by atoms with E-state index >= 15 is 0 Å². The molecule has 2 atom stereocenters. The van der Waals surface area contributed by atoms with Crippen LogP contribution in [0.25, 0.3) is 0 Å². The molecule has 2 N–H and O–H groups in total. The maximum absolute atomic E-state index is 5.68. The van der Waals surface area contributed by atoms with Crippen LogP contribution >= 0.6 is 12.2 Å². The van der Waals surface area contributed by atoms with Crippen molar-refractivity contribution in [2.75, 3.05) is 13.6 Å². The van der Waals surface area contributed by atoms with Gasteiger partial charge in [0.2, 0.25) is 0 Å². The third kappa shape index (κ3) is 3.23. The Morgan fingerprint density at radius 1 is 1.65 bits per heavy atom. The molecule has 0 spiro atoms. The summed E-state index contributed by atoms with van der Waals surface area (Å²) in [7, 11) is 2.14. The number of hydrogen-bond acceptors (Lipinski definition) is 3. The van der Waals surface area contributed by atoms with Gasteiger partial charge in [0, 0.05) is 19.3 Å². The summed E-state index contributed by atoms with van der Waals surface area (Å²) in [6.45, 7) is 4.32. The third-order valence-corrected chi connectivity index (χ3v) is 3.58. The SMILES string of the molecule is CC1CC1CN(C)Cc1cccnc1C(N)=S. The van der Waals surface area contributed by atoms with Crippen molar-refractivity contribution in [2.45, 2.75) is 19.9 Å². The van der Waals surface area contributed by atoms with Crippen LogP contribution in [0.4, 0.5) is 0 Å². The predicted octanol–water partition coefficient (Wildman–Crippen LogP) is 1.80. The second-order valence-corrected chi connectivity index (χ2v) is 5.49. The Morgan fingerprint density at radius 2 is 2.35 bits per heavy atom. The Balaban J connectivity index is 1.99. The quantitative estimate of drug-likeness (QED) is 0.808. The normalized spacial score (nSPS) is 22.8. The molecule has 2 rings (SSSR count). The highest BCUT2D eigenvalue weighted by Gasteiger charge is 2.33. The van der Waals surface area contributed by atoms with Crippen LogP contribution in [-0.4, -0.2) is 28.5 Å². The largest absolute Gasteiger partial charge is 0.388 e. The second-order valence-electron chi connectivity index (χ2n) is 5.05. The van der Waals surface area contributed by atoms with Gasteiger partial charge >= 0.3 is 0 Å². The molecule has 4 heteroatoms. The van der Waals surface area contributed by atoms with Gasteiger partial charge < -0.3 is 10.6 Å². The molecule has 1 aromatic heterocycles. The molecule has 92 valence electrons. The van der Waals surface area contributed by atoms with Gasteiger partial charge in [0.05, 0.1) is 0 Å². The number of thiocarbonyl (C=S) groups is 1. The molecule has 1 saturated carbocycles. The highest BCUT2D eigenvalue weighted by atomic mass is 32.1. The lowest BCUT2D eigenvalue weighted by atomic mass is 10.1. The smallest absolute Gasteiger partial charge is 0.123 e. The Labute approximate surface area is 108 Å². The van der Waals surface area contributed by atoms with Crippen LogP contribution in [0.2, 0.25) is 0 Å². The molecule has 0 bridgehead atoms. The average Bonchev–Trinajstić information content (AvgIpc) is 2.94. The topological polar surface area (TPSA) is 42.2 Å². The Kier molecular flexibility index (Phi) is 3.74. The highest BCUT2D eigenvalue weighted by Crippen LogP contribution is 2.38. The molecule has 0 saturated heterocycles. The van der Waals surface area contributed by atoms with Crippen LogP contribution in [0.3, 0.4) is 0 Å². The van der Waals surface area contributed by atoms with Gasteiger partial charge in [-0.3, -0.25) is 4.98 Å². The summed E-state index contributed by atoms with van der Waals surface area (Å²) in [6, 6.07) is 3.99. The van der Waals surface area contributed by atoms with Gasteiger partial charge in [0.1, 0.15) is 10.7 Å². The summed E-state index contributed by atoms with van der Waals surface area (Å²) in [4.78, 5) is 6.96. The number of hydrogen-bond donors (Lipinski definition) is 1. The van der Waals surface area contributed by atoms with Gasteiger partial charge in [-0.2, -0.15) is 0 Å². The van der Waals surface area contributed by atoms with Crippen molar-refractivity contribution in [2.24, 2.45) is 17.6 Å². The average molecular weight is 249 g/mol. The lowest BCUT2D eigenvalue weighted by Crippen LogP contribution is -2.24. The molecule has 0 aliphatic heterocycles. The van der Waals surface area contributed by atoms with Crippen LogP contribution in [-0.2, 0) is 6.54 Å². The zero-order valence-electron chi connectivity index (χ0n) is 10.4. The number of rotatable bonds is 5. The minimum absolute atomic E-state index is 0.383. The Hall–Kier alpha value is -1.00. The van der Waals surface area contributed by atoms with Gasteiger partial charge in [0.25, 0.3) is 0 Å². The van der Waals surface area contributed by atoms with Crippen LogP contribution in [0.1, 0.15) is 24.6 Å². The molecule has 1 aliphatic carbocycles. The van der Waals surface area contributed by atoms with Crippen LogP contribution < -0.4 is 5.73 Å². The van der Waals surface area contributed by atoms with Gasteiger partial charge in [-0.15, -0.1) is 0 Å². The fourth-order valence-corrected chi connectivity index (χ4v) is 2.38. The van der Waals surface area contributed by atoms with Crippen molar-refractivity contribution in [3.8, 4) is 0 Å². The first kappa shape index (κ1) is 12.5. The zero-order chi connectivity index (χ0) is 12.4. The summed E-state index contributed by atoms with van der Waals surface area (Å²) in [5.41, 5.74) is 7.56. The van der Waals surface area contributed by atoms with Crippen LogP contribution in [0.5, 0.6) is 0 Å². The van der Waals surface area contributed by atoms with Crippen molar-refractivity contribution in [1.29, 1.82) is 0 Å². The van der Waals surface area contributed by atoms with Gasteiger partial charge in [-0.1, -0.05) is 25.2 Å². The van der Waals surface area contributed by atoms with Crippen molar-refractivity contribution >= 4 is 17.2 Å². The minimum Gasteiger partial charge on any atom is -0.388 e. The molecule has 1 heterocycles. The van der Waals surface area contributed by atoms with Gasteiger partial charge in [-0.25, -0.2) is 0 Å². The molecule has 0 radical (unpaired) electrons. The maximum Gasteiger partial charge on any atom is 0.123 e. The zero-order valence-corrected chi connectivity index (χ0v) is 11.2. The fraction of sp³-hybridized carbons (Fsp3) is 0.538. The molecule has 1 aliphatic rings. The Morgan fingerprint density at radius 3 is 2.94 bits per heavy atom. The van der Waals surface area contributed by atoms with Crippen LogP contribution in [0.15, 0.2) is 18.3 Å². The molecule has 1 fully saturated rings. The lowest BCUT2D eigenvalue weighted by molar-refractivity contribution is 0.307. The highest BCUT2D eigenvalue weighted by molar-refractivity contribution is 7.80. The van der Waals surface area contributed by atoms with E-state index in [0.29, 0.717) is 4.99 Å². The van der Waals surface area contributed by atoms with Crippen LogP contribution in [0, 0.1) is 11.8 Å². The lowest BCUT2D eigenvalue weighted by Gasteiger charge is -2.17. The van der Waals surface area contributed by atoms with E-state index in [4.69, 9.17) is 18.0 Å². The molecule has 2 unspecified atom stereocenters. The summed E-state index contributed by atoms with van der Waals surface area (Å²) in [5.74, 6) is 1.76. The maximum atomic E-state index is 5.68. The van der Waals surface area contributed by atoms with E-state index in [9.17, 15) is 0 Å². The van der Waals surface area contributed by atoms with Crippen molar-refractivity contribution in [3.05, 3.63) is 29.6 Å². The van der Waals surface area contributed by atoms with Crippen molar-refractivity contribution < 1.29 is 0 Å². The molecule has 0 amide bonds. The number of nitrogens with two attached hydrogens (primary N) is 1. The van der Waals surface area contributed by atoms with E-state index in [1.54, 1.807) is 6.20 Å². The molecular formula is C13H19N3S. The first-order valence-electron chi connectivity index (χ1n) is 6.00. The monoisotopic (exact) mass is 249 g/mol. The summed E-state index contributed by atoms with van der Waals surface area (Å²) in [6.07, 6.45) is 3.10. The minimum atomic E-state index is 0.383.